The van der Waals surface area contributed by atoms with Crippen LogP contribution >= 0.6 is 0 Å². The first kappa shape index (κ1) is 20.0. The lowest BCUT2D eigenvalue weighted by molar-refractivity contribution is 0.122. The van der Waals surface area contributed by atoms with Gasteiger partial charge in [-0.25, -0.2) is 0 Å². The van der Waals surface area contributed by atoms with Gasteiger partial charge in [-0.3, -0.25) is 5.43 Å². The van der Waals surface area contributed by atoms with Gasteiger partial charge in [0, 0.05) is 25.7 Å². The molecule has 0 aliphatic carbocycles. The van der Waals surface area contributed by atoms with Crippen LogP contribution < -0.4 is 20.4 Å². The third-order valence-electron chi connectivity index (χ3n) is 4.53. The molecule has 2 aromatic rings. The van der Waals surface area contributed by atoms with E-state index in [0.717, 1.165) is 31.1 Å². The molecule has 28 heavy (non-hydrogen) atoms. The highest BCUT2D eigenvalue weighted by Gasteiger charge is 2.15. The fourth-order valence-corrected chi connectivity index (χ4v) is 2.74. The van der Waals surface area contributed by atoms with Gasteiger partial charge in [0.25, 0.3) is 0 Å². The van der Waals surface area contributed by atoms with Crippen LogP contribution in [0.3, 0.4) is 0 Å². The summed E-state index contributed by atoms with van der Waals surface area (Å²) in [7, 11) is 1.88. The summed E-state index contributed by atoms with van der Waals surface area (Å²) in [4.78, 5) is 11.2. The maximum Gasteiger partial charge on any atom is 0.319 e. The van der Waals surface area contributed by atoms with Crippen molar-refractivity contribution >= 4 is 17.7 Å². The Morgan fingerprint density at radius 2 is 2.00 bits per heavy atom. The van der Waals surface area contributed by atoms with E-state index in [4.69, 9.17) is 9.47 Å². The summed E-state index contributed by atoms with van der Waals surface area (Å²) in [5, 5.41) is 7.38. The fraction of sp³-hybridized carbons (Fsp3) is 0.450. The van der Waals surface area contributed by atoms with Crippen molar-refractivity contribution in [3.05, 3.63) is 41.1 Å². The second-order valence-corrected chi connectivity index (χ2v) is 6.65. The molecule has 2 N–H and O–H groups in total. The van der Waals surface area contributed by atoms with E-state index in [1.165, 1.54) is 11.1 Å². The average Bonchev–Trinajstić information content (AvgIpc) is 2.71. The molecule has 0 bridgehead atoms. The quantitative estimate of drug-likeness (QED) is 0.409. The van der Waals surface area contributed by atoms with Crippen molar-refractivity contribution in [1.29, 1.82) is 0 Å². The van der Waals surface area contributed by atoms with Gasteiger partial charge in [-0.15, -0.1) is 0 Å². The van der Waals surface area contributed by atoms with Gasteiger partial charge in [-0.1, -0.05) is 6.07 Å². The third kappa shape index (κ3) is 5.64. The van der Waals surface area contributed by atoms with Crippen LogP contribution in [0.5, 0.6) is 6.01 Å². The Labute approximate surface area is 166 Å². The lowest BCUT2D eigenvalue weighted by atomic mass is 10.1. The maximum absolute atomic E-state index is 5.69. The van der Waals surface area contributed by atoms with E-state index in [0.29, 0.717) is 31.5 Å². The first-order valence-corrected chi connectivity index (χ1v) is 9.51. The highest BCUT2D eigenvalue weighted by Crippen LogP contribution is 2.18. The number of nitrogens with one attached hydrogen (secondary N) is 2. The first-order chi connectivity index (χ1) is 13.7. The van der Waals surface area contributed by atoms with E-state index >= 15 is 0 Å². The van der Waals surface area contributed by atoms with E-state index in [-0.39, 0.29) is 0 Å². The van der Waals surface area contributed by atoms with Gasteiger partial charge in [0.15, 0.2) is 0 Å². The molecule has 2 heterocycles. The summed E-state index contributed by atoms with van der Waals surface area (Å²) in [5.74, 6) is 0.824. The van der Waals surface area contributed by atoms with Crippen molar-refractivity contribution in [3.63, 3.8) is 0 Å². The SMILES string of the molecule is CNCCOc1nc(C=NNc2ccc(C)c(C)c2)cc(N2CCOCC2)n1. The number of nitrogens with zero attached hydrogens (tertiary/aromatic N) is 4. The molecule has 1 aliphatic heterocycles. The minimum Gasteiger partial charge on any atom is -0.462 e. The van der Waals surface area contributed by atoms with Crippen molar-refractivity contribution in [2.45, 2.75) is 13.8 Å². The molecule has 0 amide bonds. The molecule has 1 fully saturated rings. The van der Waals surface area contributed by atoms with Crippen molar-refractivity contribution < 1.29 is 9.47 Å². The van der Waals surface area contributed by atoms with Gasteiger partial charge >= 0.3 is 6.01 Å². The van der Waals surface area contributed by atoms with Crippen molar-refractivity contribution in [3.8, 4) is 6.01 Å². The molecular weight excluding hydrogens is 356 g/mol. The standard InChI is InChI=1S/C20H28N6O2/c1-15-4-5-17(12-16(15)2)25-22-14-18-13-19(26-7-10-27-11-8-26)24-20(23-18)28-9-6-21-3/h4-5,12-14,21,25H,6-11H2,1-3H3. The lowest BCUT2D eigenvalue weighted by Crippen LogP contribution is -2.37. The van der Waals surface area contributed by atoms with Crippen LogP contribution in [0.25, 0.3) is 0 Å². The van der Waals surface area contributed by atoms with Gasteiger partial charge in [0.1, 0.15) is 12.4 Å². The monoisotopic (exact) mass is 384 g/mol. The predicted octanol–water partition coefficient (Wildman–Crippen LogP) is 1.97. The van der Waals surface area contributed by atoms with Crippen LogP contribution in [0, 0.1) is 13.8 Å². The van der Waals surface area contributed by atoms with Gasteiger partial charge < -0.3 is 19.7 Å². The normalized spacial score (nSPS) is 14.5. The van der Waals surface area contributed by atoms with Crippen LogP contribution in [0.1, 0.15) is 16.8 Å². The molecule has 8 nitrogen and oxygen atoms in total. The minimum atomic E-state index is 0.354. The summed E-state index contributed by atoms with van der Waals surface area (Å²) in [5.41, 5.74) is 7.15. The molecule has 3 rings (SSSR count). The van der Waals surface area contributed by atoms with E-state index in [2.05, 4.69) is 56.7 Å². The van der Waals surface area contributed by atoms with E-state index in [1.54, 1.807) is 6.21 Å². The maximum atomic E-state index is 5.69. The number of anilines is 2. The summed E-state index contributed by atoms with van der Waals surface area (Å²) >= 11 is 0. The molecular formula is C20H28N6O2. The number of likely N-dealkylation sites (N-methyl/N-ethyl adjacent to an activating group) is 1. The zero-order chi connectivity index (χ0) is 19.8. The molecule has 1 aromatic carbocycles. The zero-order valence-electron chi connectivity index (χ0n) is 16.7. The summed E-state index contributed by atoms with van der Waals surface area (Å²) in [6.07, 6.45) is 1.69. The molecule has 1 aliphatic rings. The van der Waals surface area contributed by atoms with Crippen LogP contribution in [0.4, 0.5) is 11.5 Å². The van der Waals surface area contributed by atoms with E-state index in [9.17, 15) is 0 Å². The second-order valence-electron chi connectivity index (χ2n) is 6.65. The highest BCUT2D eigenvalue weighted by atomic mass is 16.5. The summed E-state index contributed by atoms with van der Waals surface area (Å²) in [6, 6.07) is 8.42. The number of hydrazone groups is 1. The zero-order valence-corrected chi connectivity index (χ0v) is 16.7. The summed E-state index contributed by atoms with van der Waals surface area (Å²) in [6.45, 7) is 8.37. The third-order valence-corrected chi connectivity index (χ3v) is 4.53. The van der Waals surface area contributed by atoms with Gasteiger partial charge in [-0.2, -0.15) is 15.1 Å². The number of aromatic nitrogens is 2. The number of aryl methyl sites for hydroxylation is 2. The number of hydrogen-bond donors (Lipinski definition) is 2. The van der Waals surface area contributed by atoms with E-state index in [1.807, 2.05) is 19.2 Å². The molecule has 0 saturated carbocycles. The molecule has 0 spiro atoms. The molecule has 150 valence electrons. The molecule has 0 radical (unpaired) electrons. The van der Waals surface area contributed by atoms with Crippen molar-refractivity contribution in [2.24, 2.45) is 5.10 Å². The Balaban J connectivity index is 1.75. The number of benzene rings is 1. The molecule has 8 heteroatoms. The smallest absolute Gasteiger partial charge is 0.319 e. The first-order valence-electron chi connectivity index (χ1n) is 9.51. The Morgan fingerprint density at radius 1 is 1.18 bits per heavy atom. The van der Waals surface area contributed by atoms with E-state index < -0.39 is 0 Å². The van der Waals surface area contributed by atoms with Crippen LogP contribution in [0.2, 0.25) is 0 Å². The largest absolute Gasteiger partial charge is 0.462 e. The molecule has 1 saturated heterocycles. The Hall–Kier alpha value is -2.71. The highest BCUT2D eigenvalue weighted by molar-refractivity contribution is 5.79. The number of rotatable bonds is 8. The topological polar surface area (TPSA) is 83.9 Å². The molecule has 0 unspecified atom stereocenters. The van der Waals surface area contributed by atoms with Crippen LogP contribution in [-0.2, 0) is 4.74 Å². The Kier molecular flexibility index (Phi) is 7.16. The van der Waals surface area contributed by atoms with Gasteiger partial charge in [0.2, 0.25) is 0 Å². The predicted molar refractivity (Wildman–Crippen MR) is 112 cm³/mol. The molecule has 1 aromatic heterocycles. The second kappa shape index (κ2) is 10.0. The van der Waals surface area contributed by atoms with Crippen molar-refractivity contribution in [2.75, 3.05) is 56.8 Å². The van der Waals surface area contributed by atoms with Crippen molar-refractivity contribution in [1.82, 2.24) is 15.3 Å². The average molecular weight is 384 g/mol. The molecule has 0 atom stereocenters. The van der Waals surface area contributed by atoms with Gasteiger partial charge in [0.05, 0.1) is 30.8 Å². The fourth-order valence-electron chi connectivity index (χ4n) is 2.74. The van der Waals surface area contributed by atoms with Crippen LogP contribution in [-0.4, -0.2) is 62.7 Å². The minimum absolute atomic E-state index is 0.354. The number of ether oxygens (including phenoxy) is 2. The number of hydrogen-bond acceptors (Lipinski definition) is 8. The number of morpholine rings is 1. The Morgan fingerprint density at radius 3 is 2.75 bits per heavy atom. The lowest BCUT2D eigenvalue weighted by Gasteiger charge is -2.28. The summed E-state index contributed by atoms with van der Waals surface area (Å²) < 4.78 is 11.1. The van der Waals surface area contributed by atoms with Crippen LogP contribution in [0.15, 0.2) is 29.4 Å². The Bertz CT molecular complexity index is 805. The van der Waals surface area contributed by atoms with Gasteiger partial charge in [-0.05, 0) is 44.2 Å².